The molecule has 2 N–H and O–H groups in total. The number of hydrogen-bond donors (Lipinski definition) is 2. The third-order valence-electron chi connectivity index (χ3n) is 3.12. The molecule has 0 bridgehead atoms. The number of alkyl halides is 2. The zero-order valence-electron chi connectivity index (χ0n) is 11.5. The van der Waals surface area contributed by atoms with Crippen LogP contribution in [-0.4, -0.2) is 43.5 Å². The van der Waals surface area contributed by atoms with E-state index in [-0.39, 0.29) is 6.54 Å². The number of pyridine rings is 1. The SMILES string of the molecule is CN(C)c1cccc(CNC(=O)C2CC(F)(F)CN2)n1. The van der Waals surface area contributed by atoms with Gasteiger partial charge < -0.3 is 10.2 Å². The minimum atomic E-state index is -2.80. The van der Waals surface area contributed by atoms with E-state index in [0.717, 1.165) is 5.82 Å². The molecule has 0 radical (unpaired) electrons. The van der Waals surface area contributed by atoms with Crippen molar-refractivity contribution in [2.24, 2.45) is 0 Å². The van der Waals surface area contributed by atoms with Gasteiger partial charge in [-0.3, -0.25) is 10.1 Å². The van der Waals surface area contributed by atoms with Crippen molar-refractivity contribution in [1.82, 2.24) is 15.6 Å². The molecule has 1 aromatic heterocycles. The van der Waals surface area contributed by atoms with Gasteiger partial charge in [0.1, 0.15) is 5.82 Å². The number of nitrogens with zero attached hydrogens (tertiary/aromatic N) is 2. The number of hydrogen-bond acceptors (Lipinski definition) is 4. The number of carbonyl (C=O) groups excluding carboxylic acids is 1. The van der Waals surface area contributed by atoms with Crippen molar-refractivity contribution >= 4 is 11.7 Å². The Kier molecular flexibility index (Phi) is 4.17. The Morgan fingerprint density at radius 1 is 1.55 bits per heavy atom. The molecule has 0 spiro atoms. The lowest BCUT2D eigenvalue weighted by atomic mass is 10.2. The Bertz CT molecular complexity index is 493. The predicted octanol–water partition coefficient (Wildman–Crippen LogP) is 0.761. The molecule has 1 unspecified atom stereocenters. The second-order valence-corrected chi connectivity index (χ2v) is 5.09. The van der Waals surface area contributed by atoms with Crippen LogP contribution in [0.3, 0.4) is 0 Å². The molecule has 0 saturated carbocycles. The van der Waals surface area contributed by atoms with Gasteiger partial charge in [0.2, 0.25) is 5.91 Å². The number of rotatable bonds is 4. The quantitative estimate of drug-likeness (QED) is 0.857. The molecule has 1 aromatic rings. The molecule has 1 aliphatic heterocycles. The summed E-state index contributed by atoms with van der Waals surface area (Å²) in [7, 11) is 3.74. The molecule has 110 valence electrons. The average Bonchev–Trinajstić information content (AvgIpc) is 2.77. The van der Waals surface area contributed by atoms with Gasteiger partial charge in [-0.25, -0.2) is 13.8 Å². The van der Waals surface area contributed by atoms with E-state index in [1.165, 1.54) is 0 Å². The molecule has 2 rings (SSSR count). The van der Waals surface area contributed by atoms with Crippen LogP contribution in [-0.2, 0) is 11.3 Å². The summed E-state index contributed by atoms with van der Waals surface area (Å²) in [6.07, 6.45) is -0.454. The number of nitrogens with one attached hydrogen (secondary N) is 2. The monoisotopic (exact) mass is 284 g/mol. The Morgan fingerprint density at radius 2 is 2.30 bits per heavy atom. The van der Waals surface area contributed by atoms with Gasteiger partial charge in [-0.15, -0.1) is 0 Å². The molecular weight excluding hydrogens is 266 g/mol. The summed E-state index contributed by atoms with van der Waals surface area (Å²) in [5.74, 6) is -2.44. The molecule has 1 fully saturated rings. The maximum absolute atomic E-state index is 13.0. The highest BCUT2D eigenvalue weighted by Gasteiger charge is 2.42. The van der Waals surface area contributed by atoms with E-state index in [4.69, 9.17) is 0 Å². The third kappa shape index (κ3) is 3.63. The molecule has 0 aromatic carbocycles. The first-order valence-corrected chi connectivity index (χ1v) is 6.39. The Hall–Kier alpha value is -1.76. The molecule has 1 amide bonds. The molecule has 1 atom stereocenters. The zero-order chi connectivity index (χ0) is 14.8. The lowest BCUT2D eigenvalue weighted by Gasteiger charge is -2.14. The minimum Gasteiger partial charge on any atom is -0.363 e. The molecule has 1 aliphatic rings. The van der Waals surface area contributed by atoms with Crippen molar-refractivity contribution in [1.29, 1.82) is 0 Å². The van der Waals surface area contributed by atoms with Crippen LogP contribution in [0.4, 0.5) is 14.6 Å². The molecule has 0 aliphatic carbocycles. The van der Waals surface area contributed by atoms with E-state index < -0.39 is 30.8 Å². The smallest absolute Gasteiger partial charge is 0.262 e. The Labute approximate surface area is 116 Å². The predicted molar refractivity (Wildman–Crippen MR) is 71.8 cm³/mol. The number of anilines is 1. The van der Waals surface area contributed by atoms with Crippen LogP contribution in [0.5, 0.6) is 0 Å². The highest BCUT2D eigenvalue weighted by atomic mass is 19.3. The third-order valence-corrected chi connectivity index (χ3v) is 3.12. The fourth-order valence-electron chi connectivity index (χ4n) is 2.02. The summed E-state index contributed by atoms with van der Waals surface area (Å²) in [6, 6.07) is 4.64. The van der Waals surface area contributed by atoms with Crippen LogP contribution >= 0.6 is 0 Å². The molecule has 2 heterocycles. The van der Waals surface area contributed by atoms with Gasteiger partial charge >= 0.3 is 0 Å². The first-order chi connectivity index (χ1) is 9.37. The number of carbonyl (C=O) groups is 1. The maximum atomic E-state index is 13.0. The summed E-state index contributed by atoms with van der Waals surface area (Å²) >= 11 is 0. The summed E-state index contributed by atoms with van der Waals surface area (Å²) in [6.45, 7) is -0.219. The van der Waals surface area contributed by atoms with Crippen LogP contribution in [0.2, 0.25) is 0 Å². The normalized spacial score (nSPS) is 20.7. The van der Waals surface area contributed by atoms with Crippen molar-refractivity contribution < 1.29 is 13.6 Å². The van der Waals surface area contributed by atoms with E-state index in [1.807, 2.05) is 31.1 Å². The summed E-state index contributed by atoms with van der Waals surface area (Å²) in [5.41, 5.74) is 0.689. The van der Waals surface area contributed by atoms with E-state index in [9.17, 15) is 13.6 Å². The lowest BCUT2D eigenvalue weighted by molar-refractivity contribution is -0.123. The van der Waals surface area contributed by atoms with E-state index in [0.29, 0.717) is 5.69 Å². The fraction of sp³-hybridized carbons (Fsp3) is 0.538. The molecule has 1 saturated heterocycles. The summed E-state index contributed by atoms with van der Waals surface area (Å²) in [4.78, 5) is 18.0. The first kappa shape index (κ1) is 14.6. The maximum Gasteiger partial charge on any atom is 0.262 e. The van der Waals surface area contributed by atoms with E-state index in [2.05, 4.69) is 15.6 Å². The fourth-order valence-corrected chi connectivity index (χ4v) is 2.02. The van der Waals surface area contributed by atoms with Crippen molar-refractivity contribution in [2.45, 2.75) is 24.9 Å². The highest BCUT2D eigenvalue weighted by Crippen LogP contribution is 2.25. The van der Waals surface area contributed by atoms with Crippen LogP contribution in [0.1, 0.15) is 12.1 Å². The van der Waals surface area contributed by atoms with Crippen LogP contribution in [0.25, 0.3) is 0 Å². The minimum absolute atomic E-state index is 0.226. The van der Waals surface area contributed by atoms with Crippen molar-refractivity contribution in [3.05, 3.63) is 23.9 Å². The topological polar surface area (TPSA) is 57.3 Å². The van der Waals surface area contributed by atoms with Gasteiger partial charge in [0.15, 0.2) is 0 Å². The van der Waals surface area contributed by atoms with Crippen LogP contribution in [0.15, 0.2) is 18.2 Å². The molecule has 20 heavy (non-hydrogen) atoms. The van der Waals surface area contributed by atoms with Gasteiger partial charge in [0.25, 0.3) is 5.92 Å². The second kappa shape index (κ2) is 5.70. The zero-order valence-corrected chi connectivity index (χ0v) is 11.5. The Morgan fingerprint density at radius 3 is 2.90 bits per heavy atom. The Balaban J connectivity index is 1.89. The highest BCUT2D eigenvalue weighted by molar-refractivity contribution is 5.82. The van der Waals surface area contributed by atoms with Crippen molar-refractivity contribution in [2.75, 3.05) is 25.5 Å². The van der Waals surface area contributed by atoms with Gasteiger partial charge in [-0.1, -0.05) is 6.07 Å². The van der Waals surface area contributed by atoms with Crippen molar-refractivity contribution in [3.8, 4) is 0 Å². The number of amides is 1. The second-order valence-electron chi connectivity index (χ2n) is 5.09. The molecular formula is C13H18F2N4O. The van der Waals surface area contributed by atoms with Gasteiger partial charge in [-0.2, -0.15) is 0 Å². The largest absolute Gasteiger partial charge is 0.363 e. The van der Waals surface area contributed by atoms with Gasteiger partial charge in [0, 0.05) is 20.5 Å². The first-order valence-electron chi connectivity index (χ1n) is 6.39. The lowest BCUT2D eigenvalue weighted by Crippen LogP contribution is -2.40. The number of halogens is 2. The van der Waals surface area contributed by atoms with E-state index in [1.54, 1.807) is 6.07 Å². The summed E-state index contributed by atoms with van der Waals surface area (Å²) < 4.78 is 26.0. The van der Waals surface area contributed by atoms with Crippen molar-refractivity contribution in [3.63, 3.8) is 0 Å². The summed E-state index contributed by atoms with van der Waals surface area (Å²) in [5, 5.41) is 5.15. The molecule has 7 heteroatoms. The van der Waals surface area contributed by atoms with Gasteiger partial charge in [0.05, 0.1) is 24.8 Å². The molecule has 5 nitrogen and oxygen atoms in total. The standard InChI is InChI=1S/C13H18F2N4O/c1-19(2)11-5-3-4-9(18-11)7-16-12(20)10-6-13(14,15)8-17-10/h3-5,10,17H,6-8H2,1-2H3,(H,16,20). The average molecular weight is 284 g/mol. The number of aromatic nitrogens is 1. The van der Waals surface area contributed by atoms with Crippen LogP contribution < -0.4 is 15.5 Å². The van der Waals surface area contributed by atoms with Gasteiger partial charge in [-0.05, 0) is 12.1 Å². The van der Waals surface area contributed by atoms with E-state index >= 15 is 0 Å². The van der Waals surface area contributed by atoms with Crippen LogP contribution in [0, 0.1) is 0 Å².